The van der Waals surface area contributed by atoms with Crippen molar-refractivity contribution in [2.24, 2.45) is 0 Å². The maximum atomic E-state index is 5.23. The molecule has 1 N–H and O–H groups in total. The number of benzene rings is 1. The predicted octanol–water partition coefficient (Wildman–Crippen LogP) is 1.98. The number of ether oxygens (including phenoxy) is 1. The Morgan fingerprint density at radius 3 is 2.19 bits per heavy atom. The number of methoxy groups -OCH3 is 1. The summed E-state index contributed by atoms with van der Waals surface area (Å²) in [6.07, 6.45) is 0. The number of likely N-dealkylation sites (N-methyl/N-ethyl adjacent to an activating group) is 1. The SMILES string of the molecule is CNC(CN1CCN(C(C)C)CC1)c1ccc(OC)cc1. The van der Waals surface area contributed by atoms with Gasteiger partial charge in [-0.3, -0.25) is 9.80 Å². The van der Waals surface area contributed by atoms with E-state index in [4.69, 9.17) is 4.74 Å². The topological polar surface area (TPSA) is 27.7 Å². The van der Waals surface area contributed by atoms with E-state index < -0.39 is 0 Å². The quantitative estimate of drug-likeness (QED) is 0.867. The van der Waals surface area contributed by atoms with Gasteiger partial charge >= 0.3 is 0 Å². The van der Waals surface area contributed by atoms with Gasteiger partial charge in [0.25, 0.3) is 0 Å². The lowest BCUT2D eigenvalue weighted by atomic mass is 10.1. The highest BCUT2D eigenvalue weighted by Crippen LogP contribution is 2.19. The van der Waals surface area contributed by atoms with Crippen molar-refractivity contribution in [2.75, 3.05) is 46.9 Å². The molecule has 4 heteroatoms. The van der Waals surface area contributed by atoms with Crippen LogP contribution >= 0.6 is 0 Å². The van der Waals surface area contributed by atoms with Crippen LogP contribution in [0.15, 0.2) is 24.3 Å². The Balaban J connectivity index is 1.90. The Bertz CT molecular complexity index is 411. The van der Waals surface area contributed by atoms with Gasteiger partial charge in [-0.2, -0.15) is 0 Å². The summed E-state index contributed by atoms with van der Waals surface area (Å²) in [5, 5.41) is 3.44. The Morgan fingerprint density at radius 2 is 1.71 bits per heavy atom. The third-order valence-corrected chi connectivity index (χ3v) is 4.44. The highest BCUT2D eigenvalue weighted by atomic mass is 16.5. The van der Waals surface area contributed by atoms with E-state index in [1.807, 2.05) is 19.2 Å². The fraction of sp³-hybridized carbons (Fsp3) is 0.647. The molecule has 1 aliphatic rings. The van der Waals surface area contributed by atoms with Crippen molar-refractivity contribution in [3.05, 3.63) is 29.8 Å². The van der Waals surface area contributed by atoms with Gasteiger partial charge in [-0.1, -0.05) is 12.1 Å². The minimum Gasteiger partial charge on any atom is -0.497 e. The van der Waals surface area contributed by atoms with E-state index in [-0.39, 0.29) is 0 Å². The lowest BCUT2D eigenvalue weighted by molar-refractivity contribution is 0.102. The lowest BCUT2D eigenvalue weighted by Crippen LogP contribution is -2.50. The molecule has 1 unspecified atom stereocenters. The smallest absolute Gasteiger partial charge is 0.118 e. The van der Waals surface area contributed by atoms with Crippen LogP contribution in [0.2, 0.25) is 0 Å². The first-order valence-electron chi connectivity index (χ1n) is 7.91. The van der Waals surface area contributed by atoms with Gasteiger partial charge in [0.1, 0.15) is 5.75 Å². The first kappa shape index (κ1) is 16.3. The summed E-state index contributed by atoms with van der Waals surface area (Å²) in [5.41, 5.74) is 1.32. The molecule has 0 saturated carbocycles. The lowest BCUT2D eigenvalue weighted by Gasteiger charge is -2.38. The van der Waals surface area contributed by atoms with E-state index in [0.29, 0.717) is 12.1 Å². The maximum absolute atomic E-state index is 5.23. The Kier molecular flexibility index (Phi) is 6.03. The first-order valence-corrected chi connectivity index (χ1v) is 7.91. The molecule has 4 nitrogen and oxygen atoms in total. The van der Waals surface area contributed by atoms with Crippen LogP contribution in [0.5, 0.6) is 5.75 Å². The summed E-state index contributed by atoms with van der Waals surface area (Å²) >= 11 is 0. The normalized spacial score (nSPS) is 18.9. The highest BCUT2D eigenvalue weighted by Gasteiger charge is 2.21. The number of nitrogens with one attached hydrogen (secondary N) is 1. The zero-order valence-electron chi connectivity index (χ0n) is 13.8. The summed E-state index contributed by atoms with van der Waals surface area (Å²) in [5.74, 6) is 0.916. The molecule has 0 bridgehead atoms. The number of hydrogen-bond donors (Lipinski definition) is 1. The van der Waals surface area contributed by atoms with E-state index in [1.54, 1.807) is 7.11 Å². The molecule has 0 aliphatic carbocycles. The van der Waals surface area contributed by atoms with E-state index in [9.17, 15) is 0 Å². The fourth-order valence-corrected chi connectivity index (χ4v) is 2.92. The zero-order chi connectivity index (χ0) is 15.2. The molecule has 0 spiro atoms. The second-order valence-corrected chi connectivity index (χ2v) is 6.04. The molecule has 2 rings (SSSR count). The molecule has 1 aromatic carbocycles. The molecule has 1 aliphatic heterocycles. The molecule has 1 atom stereocenters. The van der Waals surface area contributed by atoms with E-state index in [1.165, 1.54) is 18.7 Å². The Morgan fingerprint density at radius 1 is 1.10 bits per heavy atom. The summed E-state index contributed by atoms with van der Waals surface area (Å²) in [6.45, 7) is 10.3. The fourth-order valence-electron chi connectivity index (χ4n) is 2.92. The third kappa shape index (κ3) is 4.43. The summed E-state index contributed by atoms with van der Waals surface area (Å²) in [4.78, 5) is 5.11. The maximum Gasteiger partial charge on any atom is 0.118 e. The second-order valence-electron chi connectivity index (χ2n) is 6.04. The van der Waals surface area contributed by atoms with Crippen molar-refractivity contribution in [3.63, 3.8) is 0 Å². The zero-order valence-corrected chi connectivity index (χ0v) is 13.8. The standard InChI is InChI=1S/C17H29N3O/c1-14(2)20-11-9-19(10-12-20)13-17(18-3)15-5-7-16(21-4)8-6-15/h5-8,14,17-18H,9-13H2,1-4H3. The minimum atomic E-state index is 0.376. The van der Waals surface area contributed by atoms with Crippen LogP contribution < -0.4 is 10.1 Å². The van der Waals surface area contributed by atoms with Crippen molar-refractivity contribution in [2.45, 2.75) is 25.9 Å². The van der Waals surface area contributed by atoms with Crippen LogP contribution in [0.1, 0.15) is 25.5 Å². The average molecular weight is 291 g/mol. The van der Waals surface area contributed by atoms with E-state index >= 15 is 0 Å². The number of rotatable bonds is 6. The molecular weight excluding hydrogens is 262 g/mol. The van der Waals surface area contributed by atoms with Gasteiger partial charge in [0, 0.05) is 44.8 Å². The molecular formula is C17H29N3O. The Hall–Kier alpha value is -1.10. The van der Waals surface area contributed by atoms with Gasteiger partial charge in [0.05, 0.1) is 7.11 Å². The van der Waals surface area contributed by atoms with Gasteiger partial charge in [-0.05, 0) is 38.6 Å². The van der Waals surface area contributed by atoms with Gasteiger partial charge in [-0.25, -0.2) is 0 Å². The minimum absolute atomic E-state index is 0.376. The van der Waals surface area contributed by atoms with Gasteiger partial charge in [0.2, 0.25) is 0 Å². The monoisotopic (exact) mass is 291 g/mol. The van der Waals surface area contributed by atoms with Crippen molar-refractivity contribution < 1.29 is 4.74 Å². The van der Waals surface area contributed by atoms with Crippen molar-refractivity contribution in [3.8, 4) is 5.75 Å². The van der Waals surface area contributed by atoms with Crippen LogP contribution in [-0.4, -0.2) is 62.7 Å². The molecule has 1 fully saturated rings. The van der Waals surface area contributed by atoms with Crippen molar-refractivity contribution in [1.82, 2.24) is 15.1 Å². The molecule has 1 saturated heterocycles. The molecule has 21 heavy (non-hydrogen) atoms. The average Bonchev–Trinajstić information content (AvgIpc) is 2.53. The Labute approximate surface area is 129 Å². The van der Waals surface area contributed by atoms with Crippen LogP contribution in [-0.2, 0) is 0 Å². The first-order chi connectivity index (χ1) is 10.1. The summed E-state index contributed by atoms with van der Waals surface area (Å²) in [7, 11) is 3.75. The van der Waals surface area contributed by atoms with E-state index in [0.717, 1.165) is 25.4 Å². The molecule has 0 radical (unpaired) electrons. The summed E-state index contributed by atoms with van der Waals surface area (Å²) < 4.78 is 5.23. The number of nitrogens with zero attached hydrogens (tertiary/aromatic N) is 2. The molecule has 118 valence electrons. The second kappa shape index (κ2) is 7.78. The van der Waals surface area contributed by atoms with Gasteiger partial charge in [0.15, 0.2) is 0 Å². The van der Waals surface area contributed by atoms with Gasteiger partial charge in [-0.15, -0.1) is 0 Å². The number of piperazine rings is 1. The molecule has 1 aromatic rings. The molecule has 0 amide bonds. The molecule has 0 aromatic heterocycles. The van der Waals surface area contributed by atoms with Crippen molar-refractivity contribution >= 4 is 0 Å². The largest absolute Gasteiger partial charge is 0.497 e. The van der Waals surface area contributed by atoms with Crippen LogP contribution in [0.4, 0.5) is 0 Å². The predicted molar refractivity (Wildman–Crippen MR) is 87.9 cm³/mol. The summed E-state index contributed by atoms with van der Waals surface area (Å²) in [6, 6.07) is 9.43. The highest BCUT2D eigenvalue weighted by molar-refractivity contribution is 5.29. The van der Waals surface area contributed by atoms with Crippen LogP contribution in [0.25, 0.3) is 0 Å². The van der Waals surface area contributed by atoms with E-state index in [2.05, 4.69) is 41.1 Å². The van der Waals surface area contributed by atoms with Crippen molar-refractivity contribution in [1.29, 1.82) is 0 Å². The molecule has 1 heterocycles. The van der Waals surface area contributed by atoms with Gasteiger partial charge < -0.3 is 10.1 Å². The van der Waals surface area contributed by atoms with Crippen LogP contribution in [0, 0.1) is 0 Å². The van der Waals surface area contributed by atoms with Crippen LogP contribution in [0.3, 0.4) is 0 Å². The number of hydrogen-bond acceptors (Lipinski definition) is 4. The third-order valence-electron chi connectivity index (χ3n) is 4.44.